The van der Waals surface area contributed by atoms with Crippen molar-refractivity contribution in [2.24, 2.45) is 0 Å². The van der Waals surface area contributed by atoms with Crippen LogP contribution < -0.4 is 5.32 Å². The van der Waals surface area contributed by atoms with Gasteiger partial charge in [-0.05, 0) is 18.9 Å². The van der Waals surface area contributed by atoms with Gasteiger partial charge in [-0.3, -0.25) is 9.89 Å². The molecule has 8 heteroatoms. The van der Waals surface area contributed by atoms with E-state index in [0.29, 0.717) is 16.1 Å². The monoisotopic (exact) mass is 435 g/mol. The number of thioether (sulfide) groups is 1. The Kier molecular flexibility index (Phi) is 6.25. The summed E-state index contributed by atoms with van der Waals surface area (Å²) in [4.78, 5) is 21.6. The Morgan fingerprint density at radius 2 is 1.87 bits per heavy atom. The fraction of sp³-hybridized carbons (Fsp3) is 0.182. The van der Waals surface area contributed by atoms with Crippen LogP contribution in [-0.2, 0) is 11.2 Å². The van der Waals surface area contributed by atoms with Crippen LogP contribution >= 0.6 is 23.1 Å². The summed E-state index contributed by atoms with van der Waals surface area (Å²) >= 11 is 2.72. The molecule has 152 valence electrons. The Labute approximate surface area is 183 Å². The number of benzene rings is 2. The van der Waals surface area contributed by atoms with Gasteiger partial charge in [-0.15, -0.1) is 16.4 Å². The molecule has 0 bridgehead atoms. The van der Waals surface area contributed by atoms with Crippen molar-refractivity contribution in [3.8, 4) is 22.6 Å². The quantitative estimate of drug-likeness (QED) is 0.386. The van der Waals surface area contributed by atoms with Gasteiger partial charge in [-0.2, -0.15) is 0 Å². The van der Waals surface area contributed by atoms with Gasteiger partial charge < -0.3 is 5.32 Å². The molecule has 2 N–H and O–H groups in total. The number of carbonyl (C=O) groups is 1. The van der Waals surface area contributed by atoms with Crippen LogP contribution in [0.4, 0.5) is 5.13 Å². The largest absolute Gasteiger partial charge is 0.301 e. The van der Waals surface area contributed by atoms with Crippen molar-refractivity contribution >= 4 is 34.1 Å². The first kappa shape index (κ1) is 20.3. The number of aromatic amines is 1. The third-order valence-electron chi connectivity index (χ3n) is 4.56. The van der Waals surface area contributed by atoms with Crippen molar-refractivity contribution in [2.45, 2.75) is 30.7 Å². The molecule has 0 unspecified atom stereocenters. The van der Waals surface area contributed by atoms with Gasteiger partial charge in [0, 0.05) is 16.5 Å². The number of hydrogen-bond acceptors (Lipinski definition) is 6. The number of carbonyl (C=O) groups excluding carboxylic acids is 1. The molecule has 6 nitrogen and oxygen atoms in total. The molecule has 0 radical (unpaired) electrons. The molecule has 0 saturated heterocycles. The summed E-state index contributed by atoms with van der Waals surface area (Å²) < 4.78 is 0. The Hall–Kier alpha value is -2.97. The van der Waals surface area contributed by atoms with Gasteiger partial charge in [0.1, 0.15) is 0 Å². The summed E-state index contributed by atoms with van der Waals surface area (Å²) in [6, 6.07) is 18.1. The van der Waals surface area contributed by atoms with Gasteiger partial charge >= 0.3 is 0 Å². The molecule has 4 aromatic rings. The number of anilines is 1. The average Bonchev–Trinajstić information content (AvgIpc) is 3.44. The first-order valence-electron chi connectivity index (χ1n) is 9.62. The Balaban J connectivity index is 1.37. The lowest BCUT2D eigenvalue weighted by Crippen LogP contribution is -2.22. The van der Waals surface area contributed by atoms with E-state index in [-0.39, 0.29) is 11.2 Å². The number of hydrogen-bond donors (Lipinski definition) is 2. The van der Waals surface area contributed by atoms with E-state index in [1.165, 1.54) is 28.7 Å². The van der Waals surface area contributed by atoms with Gasteiger partial charge in [0.2, 0.25) is 11.1 Å². The SMILES string of the molecule is CCc1ccc(-c2csc(NC(=O)[C@H](C)Sc3n[nH]c(-c4ccccc4)n3)n2)cc1. The van der Waals surface area contributed by atoms with Crippen molar-refractivity contribution in [3.05, 3.63) is 65.5 Å². The van der Waals surface area contributed by atoms with E-state index in [0.717, 1.165) is 23.2 Å². The van der Waals surface area contributed by atoms with Crippen LogP contribution in [-0.4, -0.2) is 31.3 Å². The lowest BCUT2D eigenvalue weighted by atomic mass is 10.1. The number of thiazole rings is 1. The molecule has 4 rings (SSSR count). The lowest BCUT2D eigenvalue weighted by Gasteiger charge is -2.07. The Morgan fingerprint density at radius 1 is 1.10 bits per heavy atom. The van der Waals surface area contributed by atoms with E-state index >= 15 is 0 Å². The van der Waals surface area contributed by atoms with Crippen LogP contribution in [0.5, 0.6) is 0 Å². The number of nitrogens with zero attached hydrogens (tertiary/aromatic N) is 3. The number of amides is 1. The second kappa shape index (κ2) is 9.23. The number of aromatic nitrogens is 4. The van der Waals surface area contributed by atoms with Crippen LogP contribution in [0.2, 0.25) is 0 Å². The van der Waals surface area contributed by atoms with Crippen LogP contribution in [0.25, 0.3) is 22.6 Å². The molecule has 2 heterocycles. The molecule has 0 spiro atoms. The standard InChI is InChI=1S/C22H21N5OS2/c1-3-15-9-11-16(12-10-15)18-13-29-21(23-18)25-20(28)14(2)30-22-24-19(26-27-22)17-7-5-4-6-8-17/h4-14H,3H2,1-2H3,(H,23,25,28)(H,24,26,27)/t14-/m0/s1. The zero-order chi connectivity index (χ0) is 20.9. The van der Waals surface area contributed by atoms with E-state index in [2.05, 4.69) is 56.7 Å². The first-order chi connectivity index (χ1) is 14.6. The molecule has 2 aromatic carbocycles. The number of rotatable bonds is 7. The first-order valence-corrected chi connectivity index (χ1v) is 11.4. The topological polar surface area (TPSA) is 83.6 Å². The highest BCUT2D eigenvalue weighted by Gasteiger charge is 2.19. The highest BCUT2D eigenvalue weighted by Crippen LogP contribution is 2.27. The maximum atomic E-state index is 12.6. The van der Waals surface area contributed by atoms with Gasteiger partial charge in [0.15, 0.2) is 11.0 Å². The number of H-pyrrole nitrogens is 1. The molecule has 1 amide bonds. The predicted octanol–water partition coefficient (Wildman–Crippen LogP) is 5.28. The highest BCUT2D eigenvalue weighted by molar-refractivity contribution is 8.00. The Bertz CT molecular complexity index is 1120. The van der Waals surface area contributed by atoms with Crippen molar-refractivity contribution < 1.29 is 4.79 Å². The van der Waals surface area contributed by atoms with E-state index in [1.807, 2.05) is 42.6 Å². The molecule has 0 aliphatic heterocycles. The van der Waals surface area contributed by atoms with Gasteiger partial charge in [-0.1, -0.05) is 73.3 Å². The highest BCUT2D eigenvalue weighted by atomic mass is 32.2. The summed E-state index contributed by atoms with van der Waals surface area (Å²) in [6.07, 6.45) is 1.01. The third kappa shape index (κ3) is 4.77. The summed E-state index contributed by atoms with van der Waals surface area (Å²) in [6.45, 7) is 3.96. The fourth-order valence-corrected chi connectivity index (χ4v) is 4.26. The Morgan fingerprint density at radius 3 is 2.60 bits per heavy atom. The van der Waals surface area contributed by atoms with Crippen LogP contribution in [0.3, 0.4) is 0 Å². The molecule has 2 aromatic heterocycles. The second-order valence-corrected chi connectivity index (χ2v) is 8.84. The lowest BCUT2D eigenvalue weighted by molar-refractivity contribution is -0.115. The molecule has 0 fully saturated rings. The van der Waals surface area contributed by atoms with Crippen LogP contribution in [0.1, 0.15) is 19.4 Å². The fourth-order valence-electron chi connectivity index (χ4n) is 2.82. The minimum absolute atomic E-state index is 0.131. The summed E-state index contributed by atoms with van der Waals surface area (Å²) in [5, 5.41) is 12.7. The van der Waals surface area contributed by atoms with Crippen molar-refractivity contribution in [2.75, 3.05) is 5.32 Å². The minimum Gasteiger partial charge on any atom is -0.301 e. The maximum absolute atomic E-state index is 12.6. The van der Waals surface area contributed by atoms with E-state index in [1.54, 1.807) is 0 Å². The zero-order valence-corrected chi connectivity index (χ0v) is 18.3. The molecule has 0 aliphatic rings. The number of nitrogens with one attached hydrogen (secondary N) is 2. The molecule has 0 saturated carbocycles. The predicted molar refractivity (Wildman–Crippen MR) is 123 cm³/mol. The minimum atomic E-state index is -0.361. The summed E-state index contributed by atoms with van der Waals surface area (Å²) in [5.74, 6) is 0.553. The smallest absolute Gasteiger partial charge is 0.239 e. The van der Waals surface area contributed by atoms with Crippen LogP contribution in [0.15, 0.2) is 65.1 Å². The molecule has 30 heavy (non-hydrogen) atoms. The zero-order valence-electron chi connectivity index (χ0n) is 16.6. The van der Waals surface area contributed by atoms with E-state index in [9.17, 15) is 4.79 Å². The summed E-state index contributed by atoms with van der Waals surface area (Å²) in [7, 11) is 0. The van der Waals surface area contributed by atoms with E-state index < -0.39 is 0 Å². The third-order valence-corrected chi connectivity index (χ3v) is 6.27. The van der Waals surface area contributed by atoms with Gasteiger partial charge in [-0.25, -0.2) is 9.97 Å². The average molecular weight is 436 g/mol. The molecule has 0 aliphatic carbocycles. The molecular weight excluding hydrogens is 414 g/mol. The van der Waals surface area contributed by atoms with Crippen molar-refractivity contribution in [1.29, 1.82) is 0 Å². The van der Waals surface area contributed by atoms with Crippen LogP contribution in [0, 0.1) is 0 Å². The van der Waals surface area contributed by atoms with E-state index in [4.69, 9.17) is 0 Å². The number of aryl methyl sites for hydroxylation is 1. The maximum Gasteiger partial charge on any atom is 0.239 e. The van der Waals surface area contributed by atoms with Gasteiger partial charge in [0.05, 0.1) is 10.9 Å². The molecule has 1 atom stereocenters. The summed E-state index contributed by atoms with van der Waals surface area (Å²) in [5.41, 5.74) is 4.15. The van der Waals surface area contributed by atoms with Crippen molar-refractivity contribution in [1.82, 2.24) is 20.2 Å². The normalized spacial score (nSPS) is 11.9. The van der Waals surface area contributed by atoms with Crippen molar-refractivity contribution in [3.63, 3.8) is 0 Å². The van der Waals surface area contributed by atoms with Gasteiger partial charge in [0.25, 0.3) is 0 Å². The molecular formula is C22H21N5OS2. The second-order valence-electron chi connectivity index (χ2n) is 6.67.